The Balaban J connectivity index is 0.00000408. The molecule has 0 spiro atoms. The minimum atomic E-state index is -4.19. The molecule has 1 aliphatic rings. The fourth-order valence-electron chi connectivity index (χ4n) is 4.53. The maximum absolute atomic E-state index is 10.9. The standard InChI is InChI=1S/C25H33NO6S.Na/c1-18-25(2,3)24-21-17-20(32-15-7-4-5-9-23(27)28)12-10-19(21)11-13-22(24)26(18)14-6-8-16-33(29,30)31;/h10-13,17H,4-9,14-16H2,1-3H3,(H-,27,28,29,30,31);/q;+1/p-1. The zero-order valence-corrected chi connectivity index (χ0v) is 23.4. The smallest absolute Gasteiger partial charge is 0.748 e. The van der Waals surface area contributed by atoms with Crippen LogP contribution in [0.5, 0.6) is 5.75 Å². The quantitative estimate of drug-likeness (QED) is 0.180. The van der Waals surface area contributed by atoms with Crippen molar-refractivity contribution in [2.75, 3.05) is 18.9 Å². The largest absolute Gasteiger partial charge is 1.00 e. The number of aliphatic carboxylic acids is 1. The second-order valence-electron chi connectivity index (χ2n) is 9.20. The third-order valence-electron chi connectivity index (χ3n) is 6.52. The van der Waals surface area contributed by atoms with Crippen molar-refractivity contribution in [2.45, 2.75) is 64.7 Å². The van der Waals surface area contributed by atoms with Gasteiger partial charge in [0.2, 0.25) is 5.69 Å². The maximum atomic E-state index is 10.9. The molecule has 0 saturated carbocycles. The predicted octanol–water partition coefficient (Wildman–Crippen LogP) is 0.254. The minimum Gasteiger partial charge on any atom is -0.748 e. The summed E-state index contributed by atoms with van der Waals surface area (Å²) < 4.78 is 40.9. The SMILES string of the molecule is CC1=[N+](CCCCS(=O)(=O)[O-])c2ccc3ccc(OCCCCCC(=O)[O-])cc3c2C1(C)C.[Na+]. The first-order valence-electron chi connectivity index (χ1n) is 11.5. The Kier molecular flexibility index (Phi) is 10.2. The van der Waals surface area contributed by atoms with Crippen LogP contribution in [0.2, 0.25) is 0 Å². The first-order chi connectivity index (χ1) is 15.5. The first-order valence-corrected chi connectivity index (χ1v) is 13.0. The van der Waals surface area contributed by atoms with E-state index in [9.17, 15) is 22.9 Å². The van der Waals surface area contributed by atoms with Crippen LogP contribution in [-0.2, 0) is 20.3 Å². The normalized spacial score (nSPS) is 14.7. The summed E-state index contributed by atoms with van der Waals surface area (Å²) in [5.74, 6) is -0.566. The fraction of sp³-hybridized carbons (Fsp3) is 0.520. The van der Waals surface area contributed by atoms with Crippen molar-refractivity contribution in [1.29, 1.82) is 0 Å². The van der Waals surface area contributed by atoms with Gasteiger partial charge in [0, 0.05) is 36.7 Å². The van der Waals surface area contributed by atoms with Crippen LogP contribution >= 0.6 is 0 Å². The summed E-state index contributed by atoms with van der Waals surface area (Å²) in [5, 5.41) is 12.7. The summed E-state index contributed by atoms with van der Waals surface area (Å²) >= 11 is 0. The summed E-state index contributed by atoms with van der Waals surface area (Å²) in [5.41, 5.74) is 3.31. The molecule has 0 aromatic heterocycles. The molecule has 0 radical (unpaired) electrons. The van der Waals surface area contributed by atoms with Crippen LogP contribution in [0, 0.1) is 0 Å². The van der Waals surface area contributed by atoms with Gasteiger partial charge < -0.3 is 19.2 Å². The number of carboxylic acid groups (broad SMARTS) is 1. The van der Waals surface area contributed by atoms with E-state index in [1.807, 2.05) is 12.1 Å². The molecule has 1 aliphatic heterocycles. The van der Waals surface area contributed by atoms with Crippen molar-refractivity contribution in [3.63, 3.8) is 0 Å². The number of carbonyl (C=O) groups excluding carboxylic acids is 1. The maximum Gasteiger partial charge on any atom is 1.00 e. The number of carbonyl (C=O) groups is 1. The minimum absolute atomic E-state index is 0. The molecule has 2 aromatic carbocycles. The number of ether oxygens (including phenoxy) is 1. The summed E-state index contributed by atoms with van der Waals surface area (Å²) in [6.45, 7) is 7.66. The molecule has 34 heavy (non-hydrogen) atoms. The van der Waals surface area contributed by atoms with E-state index in [-0.39, 0.29) is 47.1 Å². The van der Waals surface area contributed by atoms with Gasteiger partial charge >= 0.3 is 29.6 Å². The number of fused-ring (bicyclic) bond motifs is 3. The fourth-order valence-corrected chi connectivity index (χ4v) is 5.09. The first kappa shape index (κ1) is 28.8. The number of benzene rings is 2. The molecule has 180 valence electrons. The Morgan fingerprint density at radius 3 is 2.44 bits per heavy atom. The van der Waals surface area contributed by atoms with E-state index in [1.54, 1.807) is 0 Å². The van der Waals surface area contributed by atoms with Crippen molar-refractivity contribution in [2.24, 2.45) is 0 Å². The average molecular weight is 498 g/mol. The summed E-state index contributed by atoms with van der Waals surface area (Å²) in [6, 6.07) is 10.3. The van der Waals surface area contributed by atoms with Gasteiger partial charge in [-0.25, -0.2) is 8.42 Å². The second kappa shape index (κ2) is 12.0. The zero-order valence-electron chi connectivity index (χ0n) is 20.6. The molecule has 0 amide bonds. The molecule has 0 fully saturated rings. The van der Waals surface area contributed by atoms with Gasteiger partial charge in [-0.2, -0.15) is 4.58 Å². The predicted molar refractivity (Wildman–Crippen MR) is 125 cm³/mol. The van der Waals surface area contributed by atoms with Gasteiger partial charge in [0.1, 0.15) is 12.3 Å². The van der Waals surface area contributed by atoms with Crippen LogP contribution in [-0.4, -0.2) is 48.1 Å². The number of carboxylic acids is 1. The molecule has 1 heterocycles. The van der Waals surface area contributed by atoms with Crippen LogP contribution in [0.3, 0.4) is 0 Å². The topological polar surface area (TPSA) is 110 Å². The molecule has 0 aliphatic carbocycles. The zero-order chi connectivity index (χ0) is 24.2. The van der Waals surface area contributed by atoms with Crippen LogP contribution < -0.4 is 39.4 Å². The van der Waals surface area contributed by atoms with Crippen molar-refractivity contribution >= 4 is 38.3 Å². The molecule has 0 unspecified atom stereocenters. The number of unbranched alkanes of at least 4 members (excludes halogenated alkanes) is 3. The van der Waals surface area contributed by atoms with Gasteiger partial charge in [-0.3, -0.25) is 0 Å². The van der Waals surface area contributed by atoms with E-state index in [0.717, 1.165) is 35.1 Å². The number of nitrogens with zero attached hydrogens (tertiary/aromatic N) is 1. The van der Waals surface area contributed by atoms with Gasteiger partial charge in [0.25, 0.3) is 0 Å². The second-order valence-corrected chi connectivity index (χ2v) is 10.7. The number of rotatable bonds is 12. The number of hydrogen-bond acceptors (Lipinski definition) is 6. The molecule has 2 aromatic rings. The summed E-state index contributed by atoms with van der Waals surface area (Å²) in [7, 11) is -4.19. The monoisotopic (exact) mass is 497 g/mol. The van der Waals surface area contributed by atoms with Crippen LogP contribution in [0.25, 0.3) is 10.8 Å². The van der Waals surface area contributed by atoms with Gasteiger partial charge in [-0.05, 0) is 74.9 Å². The molecular formula is C25H32NNaO6S. The van der Waals surface area contributed by atoms with Crippen molar-refractivity contribution in [3.05, 3.63) is 35.9 Å². The van der Waals surface area contributed by atoms with Gasteiger partial charge in [-0.1, -0.05) is 6.07 Å². The van der Waals surface area contributed by atoms with E-state index in [1.165, 1.54) is 11.3 Å². The molecule has 3 rings (SSSR count). The van der Waals surface area contributed by atoms with Gasteiger partial charge in [-0.15, -0.1) is 0 Å². The Bertz CT molecular complexity index is 1170. The molecule has 0 atom stereocenters. The van der Waals surface area contributed by atoms with Gasteiger partial charge in [0.05, 0.1) is 22.1 Å². The molecule has 0 saturated heterocycles. The van der Waals surface area contributed by atoms with Gasteiger partial charge in [0.15, 0.2) is 5.71 Å². The van der Waals surface area contributed by atoms with Crippen LogP contribution in [0.1, 0.15) is 64.9 Å². The average Bonchev–Trinajstić information content (AvgIpc) is 2.93. The van der Waals surface area contributed by atoms with Crippen molar-refractivity contribution < 1.29 is 61.7 Å². The molecule has 0 N–H and O–H groups in total. The molecule has 9 heteroatoms. The van der Waals surface area contributed by atoms with E-state index < -0.39 is 16.1 Å². The van der Waals surface area contributed by atoms with E-state index in [2.05, 4.69) is 43.5 Å². The Hall–Kier alpha value is -1.45. The Labute approximate surface area is 224 Å². The van der Waals surface area contributed by atoms with Crippen molar-refractivity contribution in [3.8, 4) is 5.75 Å². The summed E-state index contributed by atoms with van der Waals surface area (Å²) in [4.78, 5) is 10.5. The molecular weight excluding hydrogens is 465 g/mol. The van der Waals surface area contributed by atoms with Crippen molar-refractivity contribution in [1.82, 2.24) is 0 Å². The third kappa shape index (κ3) is 7.04. The van der Waals surface area contributed by atoms with E-state index in [4.69, 9.17) is 4.74 Å². The summed E-state index contributed by atoms with van der Waals surface area (Å²) in [6.07, 6.45) is 3.20. The molecule has 7 nitrogen and oxygen atoms in total. The Morgan fingerprint density at radius 2 is 1.76 bits per heavy atom. The van der Waals surface area contributed by atoms with E-state index >= 15 is 0 Å². The van der Waals surface area contributed by atoms with Crippen LogP contribution in [0.4, 0.5) is 5.69 Å². The Morgan fingerprint density at radius 1 is 1.06 bits per heavy atom. The van der Waals surface area contributed by atoms with E-state index in [0.29, 0.717) is 32.4 Å². The number of hydrogen-bond donors (Lipinski definition) is 0. The molecule has 0 bridgehead atoms. The van der Waals surface area contributed by atoms with Crippen LogP contribution in [0.15, 0.2) is 30.3 Å². The third-order valence-corrected chi connectivity index (χ3v) is 7.30.